The summed E-state index contributed by atoms with van der Waals surface area (Å²) in [5.74, 6) is 0.945. The van der Waals surface area contributed by atoms with Crippen molar-refractivity contribution in [3.05, 3.63) is 64.6 Å². The maximum absolute atomic E-state index is 12.4. The fourth-order valence-electron chi connectivity index (χ4n) is 4.81. The van der Waals surface area contributed by atoms with Crippen LogP contribution in [0.15, 0.2) is 47.5 Å². The van der Waals surface area contributed by atoms with E-state index in [1.807, 2.05) is 58.7 Å². The molecule has 1 N–H and O–H groups in total. The van der Waals surface area contributed by atoms with Crippen molar-refractivity contribution < 1.29 is 4.79 Å². The zero-order valence-electron chi connectivity index (χ0n) is 21.2. The zero-order valence-corrected chi connectivity index (χ0v) is 21.9. The van der Waals surface area contributed by atoms with Crippen LogP contribution >= 0.6 is 11.6 Å². The van der Waals surface area contributed by atoms with Crippen molar-refractivity contribution in [1.29, 1.82) is 5.41 Å². The molecule has 5 rings (SSSR count). The minimum absolute atomic E-state index is 0.148. The fourth-order valence-corrected chi connectivity index (χ4v) is 5.02. The van der Waals surface area contributed by atoms with E-state index in [2.05, 4.69) is 31.7 Å². The summed E-state index contributed by atoms with van der Waals surface area (Å²) in [5, 5.41) is 18.0. The van der Waals surface area contributed by atoms with Gasteiger partial charge in [-0.3, -0.25) is 14.2 Å². The molecule has 1 fully saturated rings. The Hall–Kier alpha value is -3.56. The van der Waals surface area contributed by atoms with Gasteiger partial charge in [0, 0.05) is 63.3 Å². The standard InChI is InChI=1S/C27H31ClN8O/c1-19-31-32-26-7-6-23-25(36(19)26)17-24(35(23)18-20-4-3-5-21(28)16-20)22(29)8-10-30-11-9-27(37)34-14-12-33(2)13-15-34/h3-7,10,16-17,29H,8-9,11-15,18H2,1-2H3. The first-order valence-corrected chi connectivity index (χ1v) is 12.9. The highest BCUT2D eigenvalue weighted by Crippen LogP contribution is 2.25. The van der Waals surface area contributed by atoms with Gasteiger partial charge in [-0.2, -0.15) is 0 Å². The third-order valence-corrected chi connectivity index (χ3v) is 7.11. The Morgan fingerprint density at radius 1 is 1.11 bits per heavy atom. The number of nitrogens with one attached hydrogen (secondary N) is 1. The van der Waals surface area contributed by atoms with Gasteiger partial charge < -0.3 is 19.8 Å². The van der Waals surface area contributed by atoms with Crippen LogP contribution in [0.5, 0.6) is 0 Å². The molecule has 1 aliphatic rings. The normalized spacial score (nSPS) is 14.8. The summed E-state index contributed by atoms with van der Waals surface area (Å²) in [4.78, 5) is 21.0. The first-order valence-electron chi connectivity index (χ1n) is 12.5. The van der Waals surface area contributed by atoms with Gasteiger partial charge in [0.1, 0.15) is 5.82 Å². The molecule has 3 aromatic heterocycles. The van der Waals surface area contributed by atoms with Crippen molar-refractivity contribution in [1.82, 2.24) is 29.0 Å². The Morgan fingerprint density at radius 2 is 1.92 bits per heavy atom. The van der Waals surface area contributed by atoms with Gasteiger partial charge in [0.15, 0.2) is 5.65 Å². The lowest BCUT2D eigenvalue weighted by Crippen LogP contribution is -2.47. The van der Waals surface area contributed by atoms with Crippen LogP contribution in [-0.4, -0.2) is 86.6 Å². The molecule has 0 saturated carbocycles. The number of pyridine rings is 1. The molecule has 10 heteroatoms. The third kappa shape index (κ3) is 5.42. The van der Waals surface area contributed by atoms with Crippen LogP contribution < -0.4 is 0 Å². The second-order valence-electron chi connectivity index (χ2n) is 9.50. The molecule has 1 saturated heterocycles. The highest BCUT2D eigenvalue weighted by atomic mass is 35.5. The molecule has 0 unspecified atom stereocenters. The molecule has 192 valence electrons. The summed E-state index contributed by atoms with van der Waals surface area (Å²) < 4.78 is 4.14. The van der Waals surface area contributed by atoms with Crippen molar-refractivity contribution in [3.8, 4) is 0 Å². The van der Waals surface area contributed by atoms with E-state index in [9.17, 15) is 4.79 Å². The molecule has 4 aromatic rings. The number of fused-ring (bicyclic) bond motifs is 3. The molecule has 1 aliphatic heterocycles. The predicted molar refractivity (Wildman–Crippen MR) is 147 cm³/mol. The average molecular weight is 519 g/mol. The minimum atomic E-state index is 0.148. The summed E-state index contributed by atoms with van der Waals surface area (Å²) in [7, 11) is 2.07. The van der Waals surface area contributed by atoms with Crippen molar-refractivity contribution in [2.45, 2.75) is 26.3 Å². The first-order chi connectivity index (χ1) is 17.9. The maximum Gasteiger partial charge on any atom is 0.224 e. The number of carbonyl (C=O) groups is 1. The molecule has 0 bridgehead atoms. The molecular formula is C27H31ClN8O. The number of aliphatic imine (C=N–C) groups is 1. The number of rotatable bonds is 8. The number of hydrogen-bond acceptors (Lipinski definition) is 6. The van der Waals surface area contributed by atoms with Crippen molar-refractivity contribution in [2.75, 3.05) is 39.8 Å². The van der Waals surface area contributed by atoms with Crippen LogP contribution in [0.2, 0.25) is 5.02 Å². The van der Waals surface area contributed by atoms with E-state index in [-0.39, 0.29) is 5.91 Å². The van der Waals surface area contributed by atoms with E-state index in [0.717, 1.165) is 59.9 Å². The van der Waals surface area contributed by atoms with Crippen LogP contribution in [0.25, 0.3) is 16.7 Å². The number of hydrogen-bond donors (Lipinski definition) is 1. The Balaban J connectivity index is 1.33. The van der Waals surface area contributed by atoms with Crippen LogP contribution in [-0.2, 0) is 11.3 Å². The maximum atomic E-state index is 12.4. The van der Waals surface area contributed by atoms with Gasteiger partial charge in [-0.25, -0.2) is 0 Å². The SMILES string of the molecule is Cc1nnc2ccc3c(cc(C(=N)CC=NCCC(=O)N4CCN(C)CC4)n3Cc3cccc(Cl)c3)n12. The number of piperazine rings is 1. The average Bonchev–Trinajstić information content (AvgIpc) is 3.44. The number of halogens is 1. The Labute approximate surface area is 220 Å². The monoisotopic (exact) mass is 518 g/mol. The van der Waals surface area contributed by atoms with E-state index in [1.165, 1.54) is 0 Å². The molecule has 0 aliphatic carbocycles. The van der Waals surface area contributed by atoms with E-state index in [0.29, 0.717) is 36.7 Å². The molecule has 0 spiro atoms. The lowest BCUT2D eigenvalue weighted by molar-refractivity contribution is -0.132. The van der Waals surface area contributed by atoms with Gasteiger partial charge in [0.2, 0.25) is 5.91 Å². The van der Waals surface area contributed by atoms with Crippen molar-refractivity contribution in [2.24, 2.45) is 4.99 Å². The first kappa shape index (κ1) is 25.1. The Kier molecular flexibility index (Phi) is 7.34. The number of likely N-dealkylation sites (N-methyl/N-ethyl adjacent to an activating group) is 1. The van der Waals surface area contributed by atoms with Gasteiger partial charge in [0.05, 0.1) is 22.4 Å². The molecule has 1 amide bonds. The zero-order chi connectivity index (χ0) is 25.9. The van der Waals surface area contributed by atoms with Crippen molar-refractivity contribution in [3.63, 3.8) is 0 Å². The topological polar surface area (TPSA) is 94.9 Å². The Morgan fingerprint density at radius 3 is 2.70 bits per heavy atom. The van der Waals surface area contributed by atoms with Crippen LogP contribution in [0.1, 0.15) is 29.9 Å². The number of carbonyl (C=O) groups excluding carboxylic acids is 1. The quantitative estimate of drug-likeness (QED) is 0.360. The molecule has 4 heterocycles. The van der Waals surface area contributed by atoms with Gasteiger partial charge in [0.25, 0.3) is 0 Å². The third-order valence-electron chi connectivity index (χ3n) is 6.87. The highest BCUT2D eigenvalue weighted by molar-refractivity contribution is 6.30. The lowest BCUT2D eigenvalue weighted by atomic mass is 10.2. The highest BCUT2D eigenvalue weighted by Gasteiger charge is 2.19. The predicted octanol–water partition coefficient (Wildman–Crippen LogP) is 3.69. The summed E-state index contributed by atoms with van der Waals surface area (Å²) in [6.45, 7) is 6.32. The second kappa shape index (κ2) is 10.8. The second-order valence-corrected chi connectivity index (χ2v) is 9.93. The van der Waals surface area contributed by atoms with Gasteiger partial charge in [-0.05, 0) is 49.9 Å². The fraction of sp³-hybridized carbons (Fsp3) is 0.370. The largest absolute Gasteiger partial charge is 0.340 e. The number of benzene rings is 1. The van der Waals surface area contributed by atoms with Crippen LogP contribution in [0.3, 0.4) is 0 Å². The minimum Gasteiger partial charge on any atom is -0.340 e. The number of aryl methyl sites for hydroxylation is 1. The van der Waals surface area contributed by atoms with E-state index >= 15 is 0 Å². The molecule has 1 aromatic carbocycles. The number of amides is 1. The number of nitrogens with zero attached hydrogens (tertiary/aromatic N) is 7. The van der Waals surface area contributed by atoms with Crippen LogP contribution in [0.4, 0.5) is 0 Å². The van der Waals surface area contributed by atoms with E-state index in [4.69, 9.17) is 17.0 Å². The van der Waals surface area contributed by atoms with Gasteiger partial charge in [-0.1, -0.05) is 23.7 Å². The van der Waals surface area contributed by atoms with E-state index in [1.54, 1.807) is 6.21 Å². The molecule has 0 atom stereocenters. The number of aromatic nitrogens is 4. The van der Waals surface area contributed by atoms with Crippen LogP contribution in [0, 0.1) is 12.3 Å². The Bertz CT molecular complexity index is 1480. The molecule has 37 heavy (non-hydrogen) atoms. The summed E-state index contributed by atoms with van der Waals surface area (Å²) in [5.41, 5.74) is 5.02. The van der Waals surface area contributed by atoms with Crippen molar-refractivity contribution >= 4 is 46.1 Å². The lowest BCUT2D eigenvalue weighted by Gasteiger charge is -2.32. The smallest absolute Gasteiger partial charge is 0.224 e. The molecule has 0 radical (unpaired) electrons. The molecule has 9 nitrogen and oxygen atoms in total. The van der Waals surface area contributed by atoms with E-state index < -0.39 is 0 Å². The molecular weight excluding hydrogens is 488 g/mol. The summed E-state index contributed by atoms with van der Waals surface area (Å²) in [6.07, 6.45) is 2.52. The summed E-state index contributed by atoms with van der Waals surface area (Å²) in [6, 6.07) is 13.8. The van der Waals surface area contributed by atoms with Gasteiger partial charge in [-0.15, -0.1) is 10.2 Å². The van der Waals surface area contributed by atoms with Gasteiger partial charge >= 0.3 is 0 Å². The summed E-state index contributed by atoms with van der Waals surface area (Å²) >= 11 is 6.25.